The van der Waals surface area contributed by atoms with Gasteiger partial charge in [-0.1, -0.05) is 86.6 Å². The summed E-state index contributed by atoms with van der Waals surface area (Å²) >= 11 is 0. The third-order valence-corrected chi connectivity index (χ3v) is 7.27. The minimum atomic E-state index is 0.00122. The Kier molecular flexibility index (Phi) is 3.40. The van der Waals surface area contributed by atoms with Crippen molar-refractivity contribution >= 4 is 10.8 Å². The van der Waals surface area contributed by atoms with E-state index in [9.17, 15) is 0 Å². The van der Waals surface area contributed by atoms with Crippen molar-refractivity contribution in [1.29, 1.82) is 0 Å². The molecule has 7 rings (SSSR count). The normalized spacial score (nSPS) is 14.4. The second kappa shape index (κ2) is 6.11. The molecule has 5 aromatic rings. The van der Waals surface area contributed by atoms with Crippen molar-refractivity contribution in [2.45, 2.75) is 19.3 Å². The molecule has 0 amide bonds. The average molecular weight is 411 g/mol. The van der Waals surface area contributed by atoms with Crippen LogP contribution in [0.25, 0.3) is 44.2 Å². The standard InChI is InChI=1S/C31H22O/c1-31(2)26-11-4-3-9-22(26)23-15-13-20(17-27(23)31)21-14-16-24-25-10-5-7-19-8-6-12-28(30(19)25)32-29(24)18-21/h3-18H,1-2H3. The highest BCUT2D eigenvalue weighted by molar-refractivity contribution is 6.04. The summed E-state index contributed by atoms with van der Waals surface area (Å²) in [6.07, 6.45) is 0. The van der Waals surface area contributed by atoms with Crippen LogP contribution < -0.4 is 4.74 Å². The Morgan fingerprint density at radius 1 is 0.531 bits per heavy atom. The van der Waals surface area contributed by atoms with Crippen LogP contribution in [-0.4, -0.2) is 0 Å². The van der Waals surface area contributed by atoms with Crippen LogP contribution in [0.1, 0.15) is 25.0 Å². The number of benzene rings is 5. The molecule has 1 heteroatoms. The molecule has 0 spiro atoms. The summed E-state index contributed by atoms with van der Waals surface area (Å²) in [5.74, 6) is 1.87. The average Bonchev–Trinajstić information content (AvgIpc) is 3.06. The first kappa shape index (κ1) is 17.8. The van der Waals surface area contributed by atoms with Crippen LogP contribution in [0.4, 0.5) is 0 Å². The van der Waals surface area contributed by atoms with E-state index < -0.39 is 0 Å². The number of ether oxygens (including phenoxy) is 1. The predicted octanol–water partition coefficient (Wildman–Crippen LogP) is 8.59. The molecule has 5 aromatic carbocycles. The van der Waals surface area contributed by atoms with Gasteiger partial charge in [0.15, 0.2) is 0 Å². The molecule has 0 aromatic heterocycles. The van der Waals surface area contributed by atoms with Gasteiger partial charge in [-0.05, 0) is 68.6 Å². The van der Waals surface area contributed by atoms with Gasteiger partial charge in [-0.25, -0.2) is 0 Å². The first-order valence-corrected chi connectivity index (χ1v) is 11.2. The summed E-state index contributed by atoms with van der Waals surface area (Å²) in [4.78, 5) is 0. The van der Waals surface area contributed by atoms with Crippen molar-refractivity contribution in [2.24, 2.45) is 0 Å². The quantitative estimate of drug-likeness (QED) is 0.264. The maximum absolute atomic E-state index is 6.40. The Labute approximate surface area is 187 Å². The molecule has 0 saturated heterocycles. The lowest BCUT2D eigenvalue weighted by molar-refractivity contribution is 0.487. The number of hydrogen-bond acceptors (Lipinski definition) is 1. The molecule has 0 radical (unpaired) electrons. The molecule has 0 fully saturated rings. The van der Waals surface area contributed by atoms with Gasteiger partial charge in [0, 0.05) is 16.4 Å². The highest BCUT2D eigenvalue weighted by Gasteiger charge is 2.35. The second-order valence-corrected chi connectivity index (χ2v) is 9.40. The van der Waals surface area contributed by atoms with Crippen molar-refractivity contribution < 1.29 is 4.74 Å². The Balaban J connectivity index is 1.37. The molecule has 0 saturated carbocycles. The van der Waals surface area contributed by atoms with Gasteiger partial charge in [0.05, 0.1) is 0 Å². The van der Waals surface area contributed by atoms with Crippen LogP contribution in [0, 0.1) is 0 Å². The van der Waals surface area contributed by atoms with Gasteiger partial charge in [0.25, 0.3) is 0 Å². The molecule has 2 aliphatic rings. The first-order chi connectivity index (χ1) is 15.6. The Bertz CT molecular complexity index is 1570. The maximum Gasteiger partial charge on any atom is 0.135 e. The number of fused-ring (bicyclic) bond motifs is 5. The monoisotopic (exact) mass is 410 g/mol. The van der Waals surface area contributed by atoms with Gasteiger partial charge < -0.3 is 4.74 Å². The summed E-state index contributed by atoms with van der Waals surface area (Å²) < 4.78 is 6.40. The first-order valence-electron chi connectivity index (χ1n) is 11.2. The van der Waals surface area contributed by atoms with Crippen LogP contribution in [-0.2, 0) is 5.41 Å². The zero-order valence-corrected chi connectivity index (χ0v) is 18.1. The lowest BCUT2D eigenvalue weighted by Crippen LogP contribution is -2.14. The molecule has 1 aliphatic heterocycles. The van der Waals surface area contributed by atoms with Crippen molar-refractivity contribution in [3.8, 4) is 44.9 Å². The number of rotatable bonds is 1. The van der Waals surface area contributed by atoms with E-state index in [4.69, 9.17) is 4.74 Å². The summed E-state index contributed by atoms with van der Waals surface area (Å²) in [6.45, 7) is 4.66. The van der Waals surface area contributed by atoms with E-state index >= 15 is 0 Å². The van der Waals surface area contributed by atoms with E-state index in [2.05, 4.69) is 111 Å². The summed E-state index contributed by atoms with van der Waals surface area (Å²) in [6, 6.07) is 35.1. The molecule has 1 aliphatic carbocycles. The van der Waals surface area contributed by atoms with Gasteiger partial charge in [0.2, 0.25) is 0 Å². The van der Waals surface area contributed by atoms with Gasteiger partial charge in [-0.15, -0.1) is 0 Å². The van der Waals surface area contributed by atoms with Crippen molar-refractivity contribution in [3.05, 3.63) is 108 Å². The van der Waals surface area contributed by atoms with E-state index in [1.54, 1.807) is 0 Å². The Morgan fingerprint density at radius 3 is 2.09 bits per heavy atom. The van der Waals surface area contributed by atoms with E-state index in [0.717, 1.165) is 17.1 Å². The van der Waals surface area contributed by atoms with E-state index in [-0.39, 0.29) is 5.41 Å². The van der Waals surface area contributed by atoms with Crippen LogP contribution in [0.3, 0.4) is 0 Å². The van der Waals surface area contributed by atoms with Crippen LogP contribution >= 0.6 is 0 Å². The Hall–Kier alpha value is -3.84. The smallest absolute Gasteiger partial charge is 0.135 e. The fourth-order valence-electron chi connectivity index (χ4n) is 5.63. The summed E-state index contributed by atoms with van der Waals surface area (Å²) in [5, 5.41) is 2.42. The molecular formula is C31H22O. The second-order valence-electron chi connectivity index (χ2n) is 9.40. The molecule has 1 nitrogen and oxygen atoms in total. The minimum Gasteiger partial charge on any atom is -0.456 e. The third kappa shape index (κ3) is 2.28. The fraction of sp³-hybridized carbons (Fsp3) is 0.0968. The van der Waals surface area contributed by atoms with Gasteiger partial charge in [-0.3, -0.25) is 0 Å². The maximum atomic E-state index is 6.40. The van der Waals surface area contributed by atoms with Crippen LogP contribution in [0.5, 0.6) is 11.5 Å². The highest BCUT2D eigenvalue weighted by Crippen LogP contribution is 2.51. The lowest BCUT2D eigenvalue weighted by atomic mass is 9.81. The summed E-state index contributed by atoms with van der Waals surface area (Å²) in [7, 11) is 0. The van der Waals surface area contributed by atoms with Crippen molar-refractivity contribution in [1.82, 2.24) is 0 Å². The molecule has 32 heavy (non-hydrogen) atoms. The molecule has 0 atom stereocenters. The molecule has 0 unspecified atom stereocenters. The van der Waals surface area contributed by atoms with E-state index in [1.165, 1.54) is 49.7 Å². The van der Waals surface area contributed by atoms with Crippen molar-refractivity contribution in [3.63, 3.8) is 0 Å². The third-order valence-electron chi connectivity index (χ3n) is 7.27. The van der Waals surface area contributed by atoms with Crippen molar-refractivity contribution in [2.75, 3.05) is 0 Å². The largest absolute Gasteiger partial charge is 0.456 e. The van der Waals surface area contributed by atoms with Crippen LogP contribution in [0.15, 0.2) is 97.1 Å². The van der Waals surface area contributed by atoms with Gasteiger partial charge in [-0.2, -0.15) is 0 Å². The molecular weight excluding hydrogens is 388 g/mol. The van der Waals surface area contributed by atoms with E-state index in [0.29, 0.717) is 0 Å². The Morgan fingerprint density at radius 2 is 1.22 bits per heavy atom. The predicted molar refractivity (Wildman–Crippen MR) is 132 cm³/mol. The molecule has 0 N–H and O–H groups in total. The zero-order valence-electron chi connectivity index (χ0n) is 18.1. The minimum absolute atomic E-state index is 0.00122. The topological polar surface area (TPSA) is 9.23 Å². The van der Waals surface area contributed by atoms with Crippen LogP contribution in [0.2, 0.25) is 0 Å². The summed E-state index contributed by atoms with van der Waals surface area (Å²) in [5.41, 5.74) is 10.3. The fourth-order valence-corrected chi connectivity index (χ4v) is 5.63. The SMILES string of the molecule is CC1(C)c2ccccc2-c2ccc(-c3ccc4c(c3)Oc3cccc5cccc-4c35)cc21. The van der Waals surface area contributed by atoms with Gasteiger partial charge in [0.1, 0.15) is 11.5 Å². The zero-order chi connectivity index (χ0) is 21.4. The highest BCUT2D eigenvalue weighted by atomic mass is 16.5. The van der Waals surface area contributed by atoms with E-state index in [1.807, 2.05) is 0 Å². The lowest BCUT2D eigenvalue weighted by Gasteiger charge is -2.23. The molecule has 152 valence electrons. The molecule has 0 bridgehead atoms. The molecule has 1 heterocycles. The number of hydrogen-bond donors (Lipinski definition) is 0. The van der Waals surface area contributed by atoms with Gasteiger partial charge >= 0.3 is 0 Å².